The van der Waals surface area contributed by atoms with Crippen molar-refractivity contribution in [3.8, 4) is 10.6 Å². The van der Waals surface area contributed by atoms with Gasteiger partial charge in [-0.25, -0.2) is 23.1 Å². The molecule has 3 aromatic heterocycles. The van der Waals surface area contributed by atoms with Crippen LogP contribution in [0.5, 0.6) is 0 Å². The normalized spacial score (nSPS) is 21.6. The van der Waals surface area contributed by atoms with E-state index in [-0.39, 0.29) is 25.7 Å². The first-order chi connectivity index (χ1) is 18.4. The number of anilines is 2. The monoisotopic (exact) mass is 609 g/mol. The van der Waals surface area contributed by atoms with Crippen molar-refractivity contribution in [1.82, 2.24) is 24.7 Å². The number of fused-ring (bicyclic) bond motifs is 1. The zero-order valence-corrected chi connectivity index (χ0v) is 25.5. The first-order valence-electron chi connectivity index (χ1n) is 13.2. The second kappa shape index (κ2) is 12.0. The molecule has 4 rings (SSSR count). The SMILES string of the molecule is C.Cc1nc(NCCS(=O)(=O)NC(C)(C)C)nc(N[C@@H]2C[C@H](C(C)(C)O)[C@@H](O)[C@H]2O)c1-c1nc2c(C)nccc2s1. The Labute approximate surface area is 246 Å². The van der Waals surface area contributed by atoms with Crippen LogP contribution < -0.4 is 15.4 Å². The molecule has 14 heteroatoms. The van der Waals surface area contributed by atoms with E-state index in [2.05, 4.69) is 30.3 Å². The van der Waals surface area contributed by atoms with Gasteiger partial charge < -0.3 is 26.0 Å². The van der Waals surface area contributed by atoms with E-state index in [0.29, 0.717) is 28.5 Å². The van der Waals surface area contributed by atoms with Gasteiger partial charge in [0, 0.05) is 24.2 Å². The quantitative estimate of drug-likeness (QED) is 0.210. The van der Waals surface area contributed by atoms with Gasteiger partial charge in [-0.2, -0.15) is 4.98 Å². The number of rotatable bonds is 9. The summed E-state index contributed by atoms with van der Waals surface area (Å²) in [7, 11) is -3.53. The number of pyridine rings is 1. The zero-order valence-electron chi connectivity index (χ0n) is 23.8. The minimum Gasteiger partial charge on any atom is -0.390 e. The first-order valence-corrected chi connectivity index (χ1v) is 15.6. The highest BCUT2D eigenvalue weighted by Gasteiger charge is 2.48. The molecule has 1 aliphatic rings. The van der Waals surface area contributed by atoms with Crippen LogP contribution in [0.15, 0.2) is 12.3 Å². The number of hydrogen-bond donors (Lipinski definition) is 6. The predicted molar refractivity (Wildman–Crippen MR) is 164 cm³/mol. The lowest BCUT2D eigenvalue weighted by Crippen LogP contribution is -2.42. The fourth-order valence-electron chi connectivity index (χ4n) is 4.97. The first kappa shape index (κ1) is 33.0. The van der Waals surface area contributed by atoms with Crippen LogP contribution in [0, 0.1) is 19.8 Å². The summed E-state index contributed by atoms with van der Waals surface area (Å²) in [5, 5.41) is 39.0. The van der Waals surface area contributed by atoms with Crippen LogP contribution in [0.25, 0.3) is 20.8 Å². The van der Waals surface area contributed by atoms with Crippen LogP contribution >= 0.6 is 11.3 Å². The average molecular weight is 610 g/mol. The summed E-state index contributed by atoms with van der Waals surface area (Å²) in [6.45, 7) is 12.3. The summed E-state index contributed by atoms with van der Waals surface area (Å²) in [5.74, 6) is -0.147. The van der Waals surface area contributed by atoms with Crippen molar-refractivity contribution in [2.24, 2.45) is 5.92 Å². The van der Waals surface area contributed by atoms with Crippen molar-refractivity contribution < 1.29 is 23.7 Å². The summed E-state index contributed by atoms with van der Waals surface area (Å²) < 4.78 is 28.5. The van der Waals surface area contributed by atoms with Crippen molar-refractivity contribution in [3.05, 3.63) is 23.7 Å². The molecule has 0 spiro atoms. The average Bonchev–Trinajstić information content (AvgIpc) is 3.34. The van der Waals surface area contributed by atoms with Gasteiger partial charge in [-0.1, -0.05) is 7.43 Å². The number of aryl methyl sites for hydroxylation is 2. The summed E-state index contributed by atoms with van der Waals surface area (Å²) in [5.41, 5.74) is 0.986. The largest absolute Gasteiger partial charge is 0.390 e. The van der Waals surface area contributed by atoms with Crippen molar-refractivity contribution in [3.63, 3.8) is 0 Å². The Morgan fingerprint density at radius 3 is 2.32 bits per heavy atom. The number of sulfonamides is 1. The molecular formula is C27H43N7O5S2. The standard InChI is InChI=1S/C26H39N7O5S2.CH4/c1-13-18(23-31-19-14(2)27-9-8-17(19)39-23)22(30-16-12-15(26(6,7)36)20(34)21(16)35)32-24(29-13)28-10-11-40(37,38)33-25(3,4)5;/h8-9,15-16,20-21,33-36H,10-12H2,1-7H3,(H2,28,29,30,32);1H4/t15-,16+,20+,21-;/m0./s1. The number of hydrogen-bond acceptors (Lipinski definition) is 12. The third-order valence-electron chi connectivity index (χ3n) is 6.82. The van der Waals surface area contributed by atoms with E-state index in [9.17, 15) is 23.7 Å². The maximum atomic E-state index is 12.4. The highest BCUT2D eigenvalue weighted by molar-refractivity contribution is 7.89. The van der Waals surface area contributed by atoms with Gasteiger partial charge in [-0.15, -0.1) is 11.3 Å². The van der Waals surface area contributed by atoms with E-state index in [4.69, 9.17) is 4.98 Å². The molecule has 6 N–H and O–H groups in total. The molecule has 1 aliphatic carbocycles. The maximum absolute atomic E-state index is 12.4. The van der Waals surface area contributed by atoms with Crippen LogP contribution in [0.4, 0.5) is 11.8 Å². The van der Waals surface area contributed by atoms with Crippen LogP contribution in [-0.4, -0.2) is 85.4 Å². The smallest absolute Gasteiger partial charge is 0.224 e. The van der Waals surface area contributed by atoms with E-state index >= 15 is 0 Å². The maximum Gasteiger partial charge on any atom is 0.224 e. The Bertz CT molecular complexity index is 1480. The van der Waals surface area contributed by atoms with E-state index in [0.717, 1.165) is 15.9 Å². The molecule has 12 nitrogen and oxygen atoms in total. The number of aromatic nitrogens is 4. The van der Waals surface area contributed by atoms with Crippen LogP contribution in [0.1, 0.15) is 59.9 Å². The lowest BCUT2D eigenvalue weighted by atomic mass is 9.88. The molecule has 41 heavy (non-hydrogen) atoms. The van der Waals surface area contributed by atoms with Gasteiger partial charge in [0.1, 0.15) is 22.4 Å². The van der Waals surface area contributed by atoms with Gasteiger partial charge in [0.2, 0.25) is 16.0 Å². The van der Waals surface area contributed by atoms with Crippen LogP contribution in [0.3, 0.4) is 0 Å². The molecule has 0 aliphatic heterocycles. The molecule has 0 bridgehead atoms. The van der Waals surface area contributed by atoms with Crippen LogP contribution in [0.2, 0.25) is 0 Å². The van der Waals surface area contributed by atoms with Crippen molar-refractivity contribution in [2.45, 2.75) is 91.7 Å². The van der Waals surface area contributed by atoms with E-state index in [1.807, 2.05) is 19.9 Å². The summed E-state index contributed by atoms with van der Waals surface area (Å²) in [6.07, 6.45) is -0.244. The fourth-order valence-corrected chi connectivity index (χ4v) is 7.49. The Kier molecular flexibility index (Phi) is 9.68. The number of nitrogens with one attached hydrogen (secondary N) is 3. The minimum absolute atomic E-state index is 0. The van der Waals surface area contributed by atoms with Gasteiger partial charge in [0.05, 0.1) is 45.2 Å². The third-order valence-corrected chi connectivity index (χ3v) is 9.52. The molecule has 0 amide bonds. The Morgan fingerprint density at radius 1 is 1.05 bits per heavy atom. The topological polar surface area (TPSA) is 182 Å². The van der Waals surface area contributed by atoms with Gasteiger partial charge in [0.15, 0.2) is 0 Å². The Hall–Kier alpha value is -2.49. The minimum atomic E-state index is -3.53. The van der Waals surface area contributed by atoms with E-state index in [1.165, 1.54) is 11.3 Å². The molecule has 3 heterocycles. The van der Waals surface area contributed by atoms with Gasteiger partial charge in [-0.3, -0.25) is 4.98 Å². The van der Waals surface area contributed by atoms with Crippen LogP contribution in [-0.2, 0) is 10.0 Å². The Balaban J connectivity index is 0.00000462. The molecule has 1 saturated carbocycles. The molecule has 3 aromatic rings. The van der Waals surface area contributed by atoms with E-state index in [1.54, 1.807) is 40.8 Å². The van der Waals surface area contributed by atoms with E-state index < -0.39 is 45.3 Å². The van der Waals surface area contributed by atoms with Crippen molar-refractivity contribution >= 4 is 43.3 Å². The number of thiazole rings is 1. The highest BCUT2D eigenvalue weighted by atomic mass is 32.2. The third kappa shape index (κ3) is 7.67. The second-order valence-corrected chi connectivity index (χ2v) is 14.8. The molecular weight excluding hydrogens is 566 g/mol. The molecule has 0 unspecified atom stereocenters. The predicted octanol–water partition coefficient (Wildman–Crippen LogP) is 2.82. The molecule has 4 atom stereocenters. The van der Waals surface area contributed by atoms with Gasteiger partial charge in [-0.05, 0) is 61.0 Å². The molecule has 1 fully saturated rings. The summed E-state index contributed by atoms with van der Waals surface area (Å²) >= 11 is 1.46. The lowest BCUT2D eigenvalue weighted by Gasteiger charge is -2.28. The van der Waals surface area contributed by atoms with Crippen molar-refractivity contribution in [1.29, 1.82) is 0 Å². The van der Waals surface area contributed by atoms with Gasteiger partial charge in [0.25, 0.3) is 0 Å². The number of aliphatic hydroxyl groups excluding tert-OH is 2. The lowest BCUT2D eigenvalue weighted by molar-refractivity contribution is -0.0601. The molecule has 228 valence electrons. The van der Waals surface area contributed by atoms with Gasteiger partial charge >= 0.3 is 0 Å². The molecule has 0 aromatic carbocycles. The number of nitrogens with zero attached hydrogens (tertiary/aromatic N) is 4. The fraction of sp³-hybridized carbons (Fsp3) is 0.630. The Morgan fingerprint density at radius 2 is 1.73 bits per heavy atom. The second-order valence-electron chi connectivity index (χ2n) is 11.9. The zero-order chi connectivity index (χ0) is 29.6. The molecule has 0 saturated heterocycles. The molecule has 0 radical (unpaired) electrons. The summed E-state index contributed by atoms with van der Waals surface area (Å²) in [6, 6.07) is 1.28. The highest BCUT2D eigenvalue weighted by Crippen LogP contribution is 2.40. The number of aliphatic hydroxyl groups is 3. The van der Waals surface area contributed by atoms with Crippen molar-refractivity contribution in [2.75, 3.05) is 22.9 Å². The summed E-state index contributed by atoms with van der Waals surface area (Å²) in [4.78, 5) is 18.4.